The summed E-state index contributed by atoms with van der Waals surface area (Å²) in [6, 6.07) is 26.2. The largest absolute Gasteiger partial charge is 0.490 e. The SMILES string of the molecule is Cc1ccccc1OCC(O)COc1c2ccccc2cc2ccccc12. The van der Waals surface area contributed by atoms with Crippen LogP contribution in [0, 0.1) is 6.92 Å². The molecule has 1 unspecified atom stereocenters. The molecule has 0 fully saturated rings. The number of rotatable bonds is 6. The van der Waals surface area contributed by atoms with Crippen LogP contribution in [0.5, 0.6) is 11.5 Å². The molecule has 4 aromatic carbocycles. The molecular weight excluding hydrogens is 336 g/mol. The second kappa shape index (κ2) is 7.68. The normalized spacial score (nSPS) is 12.2. The van der Waals surface area contributed by atoms with Crippen molar-refractivity contribution in [2.45, 2.75) is 13.0 Å². The predicted octanol–water partition coefficient (Wildman–Crippen LogP) is 5.12. The number of aryl methyl sites for hydroxylation is 1. The lowest BCUT2D eigenvalue weighted by Crippen LogP contribution is -2.25. The Hall–Kier alpha value is -3.04. The Kier molecular flexibility index (Phi) is 4.95. The summed E-state index contributed by atoms with van der Waals surface area (Å²) in [7, 11) is 0. The van der Waals surface area contributed by atoms with Gasteiger partial charge in [-0.1, -0.05) is 66.7 Å². The smallest absolute Gasteiger partial charge is 0.135 e. The van der Waals surface area contributed by atoms with Crippen molar-refractivity contribution in [1.29, 1.82) is 0 Å². The van der Waals surface area contributed by atoms with Crippen molar-refractivity contribution in [2.75, 3.05) is 13.2 Å². The average Bonchev–Trinajstić information content (AvgIpc) is 2.70. The Bertz CT molecular complexity index is 1020. The average molecular weight is 358 g/mol. The second-order valence-electron chi connectivity index (χ2n) is 6.69. The van der Waals surface area contributed by atoms with Crippen LogP contribution in [0.15, 0.2) is 78.9 Å². The maximum absolute atomic E-state index is 10.4. The van der Waals surface area contributed by atoms with E-state index in [1.807, 2.05) is 67.6 Å². The Balaban J connectivity index is 1.53. The topological polar surface area (TPSA) is 38.7 Å². The molecule has 0 aromatic heterocycles. The van der Waals surface area contributed by atoms with Gasteiger partial charge in [0.2, 0.25) is 0 Å². The fourth-order valence-electron chi connectivity index (χ4n) is 3.26. The first-order valence-corrected chi connectivity index (χ1v) is 9.12. The zero-order valence-electron chi connectivity index (χ0n) is 15.3. The number of hydrogen-bond donors (Lipinski definition) is 1. The molecule has 0 saturated heterocycles. The van der Waals surface area contributed by atoms with Gasteiger partial charge in [0.15, 0.2) is 0 Å². The highest BCUT2D eigenvalue weighted by Gasteiger charge is 2.12. The van der Waals surface area contributed by atoms with Gasteiger partial charge in [-0.3, -0.25) is 0 Å². The Morgan fingerprint density at radius 3 is 1.96 bits per heavy atom. The van der Waals surface area contributed by atoms with Gasteiger partial charge in [-0.05, 0) is 35.4 Å². The molecule has 27 heavy (non-hydrogen) atoms. The van der Waals surface area contributed by atoms with Crippen molar-refractivity contribution in [1.82, 2.24) is 0 Å². The summed E-state index contributed by atoms with van der Waals surface area (Å²) in [5.74, 6) is 1.59. The van der Waals surface area contributed by atoms with Crippen molar-refractivity contribution < 1.29 is 14.6 Å². The maximum Gasteiger partial charge on any atom is 0.135 e. The van der Waals surface area contributed by atoms with E-state index in [2.05, 4.69) is 18.2 Å². The van der Waals surface area contributed by atoms with Crippen LogP contribution in [-0.4, -0.2) is 24.4 Å². The maximum atomic E-state index is 10.4. The fraction of sp³-hybridized carbons (Fsp3) is 0.167. The Labute approximate surface area is 158 Å². The van der Waals surface area contributed by atoms with Gasteiger partial charge in [-0.15, -0.1) is 0 Å². The first-order valence-electron chi connectivity index (χ1n) is 9.12. The van der Waals surface area contributed by atoms with Gasteiger partial charge in [-0.2, -0.15) is 0 Å². The monoisotopic (exact) mass is 358 g/mol. The predicted molar refractivity (Wildman–Crippen MR) is 110 cm³/mol. The van der Waals surface area contributed by atoms with Crippen molar-refractivity contribution in [2.24, 2.45) is 0 Å². The number of hydrogen-bond acceptors (Lipinski definition) is 3. The molecular formula is C24H22O3. The molecule has 0 radical (unpaired) electrons. The summed E-state index contributed by atoms with van der Waals surface area (Å²) in [4.78, 5) is 0. The quantitative estimate of drug-likeness (QED) is 0.486. The van der Waals surface area contributed by atoms with E-state index >= 15 is 0 Å². The molecule has 1 N–H and O–H groups in total. The van der Waals surface area contributed by atoms with Crippen LogP contribution in [0.2, 0.25) is 0 Å². The van der Waals surface area contributed by atoms with Gasteiger partial charge in [0.25, 0.3) is 0 Å². The molecule has 3 heteroatoms. The van der Waals surface area contributed by atoms with Crippen LogP contribution < -0.4 is 9.47 Å². The molecule has 0 aliphatic rings. The van der Waals surface area contributed by atoms with E-state index in [1.165, 1.54) is 0 Å². The van der Waals surface area contributed by atoms with Gasteiger partial charge in [-0.25, -0.2) is 0 Å². The Morgan fingerprint density at radius 2 is 1.30 bits per heavy atom. The standard InChI is InChI=1S/C24H22O3/c1-17-8-2-7-13-23(17)26-15-20(25)16-27-24-21-11-5-3-9-18(21)14-19-10-4-6-12-22(19)24/h2-14,20,25H,15-16H2,1H3. The van der Waals surface area contributed by atoms with Crippen LogP contribution in [0.1, 0.15) is 5.56 Å². The Morgan fingerprint density at radius 1 is 0.741 bits per heavy atom. The van der Waals surface area contributed by atoms with Crippen LogP contribution in [0.25, 0.3) is 21.5 Å². The molecule has 3 nitrogen and oxygen atoms in total. The van der Waals surface area contributed by atoms with Crippen LogP contribution in [0.3, 0.4) is 0 Å². The fourth-order valence-corrected chi connectivity index (χ4v) is 3.26. The first-order chi connectivity index (χ1) is 13.2. The van der Waals surface area contributed by atoms with Crippen molar-refractivity contribution in [3.63, 3.8) is 0 Å². The van der Waals surface area contributed by atoms with Gasteiger partial charge < -0.3 is 14.6 Å². The molecule has 4 aromatic rings. The van der Waals surface area contributed by atoms with Gasteiger partial charge in [0, 0.05) is 10.8 Å². The molecule has 136 valence electrons. The van der Waals surface area contributed by atoms with Crippen LogP contribution in [0.4, 0.5) is 0 Å². The van der Waals surface area contributed by atoms with Gasteiger partial charge in [0.05, 0.1) is 0 Å². The molecule has 0 spiro atoms. The highest BCUT2D eigenvalue weighted by molar-refractivity contribution is 6.05. The number of benzene rings is 4. The van der Waals surface area contributed by atoms with Gasteiger partial charge >= 0.3 is 0 Å². The van der Waals surface area contributed by atoms with Crippen LogP contribution in [-0.2, 0) is 0 Å². The molecule has 0 aliphatic heterocycles. The molecule has 0 heterocycles. The second-order valence-corrected chi connectivity index (χ2v) is 6.69. The van der Waals surface area contributed by atoms with Crippen molar-refractivity contribution in [3.8, 4) is 11.5 Å². The van der Waals surface area contributed by atoms with E-state index in [1.54, 1.807) is 0 Å². The van der Waals surface area contributed by atoms with E-state index in [0.29, 0.717) is 0 Å². The molecule has 0 aliphatic carbocycles. The number of fused-ring (bicyclic) bond motifs is 2. The summed E-state index contributed by atoms with van der Waals surface area (Å²) in [6.07, 6.45) is -0.720. The molecule has 4 rings (SSSR count). The summed E-state index contributed by atoms with van der Waals surface area (Å²) in [6.45, 7) is 2.35. The first kappa shape index (κ1) is 17.4. The third-order valence-corrected chi connectivity index (χ3v) is 4.67. The molecule has 1 atom stereocenters. The zero-order valence-corrected chi connectivity index (χ0v) is 15.3. The molecule has 0 bridgehead atoms. The summed E-state index contributed by atoms with van der Waals surface area (Å²) >= 11 is 0. The summed E-state index contributed by atoms with van der Waals surface area (Å²) in [5.41, 5.74) is 1.05. The lowest BCUT2D eigenvalue weighted by Gasteiger charge is -2.17. The van der Waals surface area contributed by atoms with Crippen molar-refractivity contribution in [3.05, 3.63) is 84.4 Å². The van der Waals surface area contributed by atoms with E-state index < -0.39 is 6.10 Å². The minimum absolute atomic E-state index is 0.171. The van der Waals surface area contributed by atoms with E-state index in [4.69, 9.17) is 9.47 Å². The van der Waals surface area contributed by atoms with Crippen LogP contribution >= 0.6 is 0 Å². The van der Waals surface area contributed by atoms with Gasteiger partial charge in [0.1, 0.15) is 30.8 Å². The minimum Gasteiger partial charge on any atom is -0.490 e. The molecule has 0 saturated carbocycles. The number of para-hydroxylation sites is 1. The highest BCUT2D eigenvalue weighted by Crippen LogP contribution is 2.34. The third kappa shape index (κ3) is 3.74. The molecule has 0 amide bonds. The third-order valence-electron chi connectivity index (χ3n) is 4.67. The number of aliphatic hydroxyl groups excluding tert-OH is 1. The van der Waals surface area contributed by atoms with E-state index in [0.717, 1.165) is 38.6 Å². The van der Waals surface area contributed by atoms with Crippen molar-refractivity contribution >= 4 is 21.5 Å². The van der Waals surface area contributed by atoms with E-state index in [-0.39, 0.29) is 13.2 Å². The highest BCUT2D eigenvalue weighted by atomic mass is 16.5. The zero-order chi connectivity index (χ0) is 18.6. The minimum atomic E-state index is -0.720. The van der Waals surface area contributed by atoms with E-state index in [9.17, 15) is 5.11 Å². The number of ether oxygens (including phenoxy) is 2. The number of aliphatic hydroxyl groups is 1. The summed E-state index contributed by atoms with van der Waals surface area (Å²) < 4.78 is 11.8. The lowest BCUT2D eigenvalue weighted by molar-refractivity contribution is 0.0634. The lowest BCUT2D eigenvalue weighted by atomic mass is 10.0. The summed E-state index contributed by atoms with van der Waals surface area (Å²) in [5, 5.41) is 14.7.